The third kappa shape index (κ3) is 3.97. The SMILES string of the molecule is N#Cc1ccc(SCc2csc(Cc3ccccc3)n2)cc1. The van der Waals surface area contributed by atoms with Gasteiger partial charge in [0.2, 0.25) is 0 Å². The lowest BCUT2D eigenvalue weighted by atomic mass is 10.2. The summed E-state index contributed by atoms with van der Waals surface area (Å²) in [5, 5.41) is 12.1. The van der Waals surface area contributed by atoms with E-state index in [1.54, 1.807) is 23.1 Å². The van der Waals surface area contributed by atoms with Gasteiger partial charge in [-0.2, -0.15) is 5.26 Å². The highest BCUT2D eigenvalue weighted by Crippen LogP contribution is 2.24. The highest BCUT2D eigenvalue weighted by atomic mass is 32.2. The van der Waals surface area contributed by atoms with Crippen LogP contribution in [0, 0.1) is 11.3 Å². The quantitative estimate of drug-likeness (QED) is 0.627. The van der Waals surface area contributed by atoms with E-state index < -0.39 is 0 Å². The van der Waals surface area contributed by atoms with Crippen molar-refractivity contribution in [1.29, 1.82) is 5.26 Å². The number of nitriles is 1. The third-order valence-corrected chi connectivity index (χ3v) is 5.11. The van der Waals surface area contributed by atoms with E-state index in [0.717, 1.165) is 27.8 Å². The van der Waals surface area contributed by atoms with Crippen molar-refractivity contribution in [3.05, 3.63) is 81.8 Å². The summed E-state index contributed by atoms with van der Waals surface area (Å²) in [4.78, 5) is 5.86. The highest BCUT2D eigenvalue weighted by Gasteiger charge is 2.04. The fourth-order valence-electron chi connectivity index (χ4n) is 2.05. The summed E-state index contributed by atoms with van der Waals surface area (Å²) in [6.07, 6.45) is 0.896. The van der Waals surface area contributed by atoms with Crippen LogP contribution in [0.5, 0.6) is 0 Å². The Morgan fingerprint density at radius 3 is 2.55 bits per heavy atom. The molecule has 0 spiro atoms. The van der Waals surface area contributed by atoms with E-state index in [4.69, 9.17) is 10.2 Å². The second-order valence-electron chi connectivity index (χ2n) is 4.82. The number of nitrogens with zero attached hydrogens (tertiary/aromatic N) is 2. The molecule has 0 aliphatic carbocycles. The van der Waals surface area contributed by atoms with Crippen LogP contribution in [0.2, 0.25) is 0 Å². The molecule has 4 heteroatoms. The molecule has 0 bridgehead atoms. The van der Waals surface area contributed by atoms with E-state index in [9.17, 15) is 0 Å². The van der Waals surface area contributed by atoms with Gasteiger partial charge in [0, 0.05) is 22.4 Å². The van der Waals surface area contributed by atoms with Gasteiger partial charge in [0.15, 0.2) is 0 Å². The van der Waals surface area contributed by atoms with Crippen LogP contribution in [-0.4, -0.2) is 4.98 Å². The molecule has 0 amide bonds. The van der Waals surface area contributed by atoms with E-state index >= 15 is 0 Å². The normalized spacial score (nSPS) is 10.3. The number of aromatic nitrogens is 1. The molecular formula is C18H14N2S2. The molecule has 0 aliphatic rings. The molecule has 3 aromatic rings. The highest BCUT2D eigenvalue weighted by molar-refractivity contribution is 7.98. The van der Waals surface area contributed by atoms with Crippen LogP contribution in [0.15, 0.2) is 64.9 Å². The van der Waals surface area contributed by atoms with Crippen LogP contribution >= 0.6 is 23.1 Å². The molecule has 0 fully saturated rings. The van der Waals surface area contributed by atoms with Crippen molar-refractivity contribution in [2.24, 2.45) is 0 Å². The molecule has 2 aromatic carbocycles. The van der Waals surface area contributed by atoms with Crippen LogP contribution in [0.4, 0.5) is 0 Å². The minimum Gasteiger partial charge on any atom is -0.245 e. The van der Waals surface area contributed by atoms with Gasteiger partial charge in [0.1, 0.15) is 0 Å². The van der Waals surface area contributed by atoms with Crippen LogP contribution in [0.25, 0.3) is 0 Å². The first-order valence-electron chi connectivity index (χ1n) is 6.93. The Morgan fingerprint density at radius 2 is 1.82 bits per heavy atom. The van der Waals surface area contributed by atoms with Gasteiger partial charge in [-0.1, -0.05) is 30.3 Å². The third-order valence-electron chi connectivity index (χ3n) is 3.17. The number of benzene rings is 2. The zero-order chi connectivity index (χ0) is 15.2. The molecule has 0 atom stereocenters. The van der Waals surface area contributed by atoms with Gasteiger partial charge in [-0.3, -0.25) is 0 Å². The van der Waals surface area contributed by atoms with Gasteiger partial charge >= 0.3 is 0 Å². The van der Waals surface area contributed by atoms with E-state index in [0.29, 0.717) is 5.56 Å². The van der Waals surface area contributed by atoms with Gasteiger partial charge < -0.3 is 0 Å². The molecule has 0 saturated heterocycles. The maximum Gasteiger partial charge on any atom is 0.0991 e. The van der Waals surface area contributed by atoms with Crippen molar-refractivity contribution >= 4 is 23.1 Å². The largest absolute Gasteiger partial charge is 0.245 e. The van der Waals surface area contributed by atoms with Crippen molar-refractivity contribution < 1.29 is 0 Å². The first-order chi connectivity index (χ1) is 10.8. The van der Waals surface area contributed by atoms with Crippen LogP contribution in [-0.2, 0) is 12.2 Å². The topological polar surface area (TPSA) is 36.7 Å². The molecule has 0 aliphatic heterocycles. The van der Waals surface area contributed by atoms with E-state index in [2.05, 4.69) is 35.7 Å². The van der Waals surface area contributed by atoms with Gasteiger partial charge in [-0.25, -0.2) is 4.98 Å². The van der Waals surface area contributed by atoms with Gasteiger partial charge in [0.25, 0.3) is 0 Å². The fraction of sp³-hybridized carbons (Fsp3) is 0.111. The predicted molar refractivity (Wildman–Crippen MR) is 92.1 cm³/mol. The number of thiazole rings is 1. The molecule has 2 nitrogen and oxygen atoms in total. The molecule has 0 radical (unpaired) electrons. The van der Waals surface area contributed by atoms with E-state index in [1.807, 2.05) is 30.3 Å². The number of hydrogen-bond acceptors (Lipinski definition) is 4. The molecule has 108 valence electrons. The Bertz CT molecular complexity index is 771. The summed E-state index contributed by atoms with van der Waals surface area (Å²) < 4.78 is 0. The molecular weight excluding hydrogens is 308 g/mol. The van der Waals surface area contributed by atoms with E-state index in [1.165, 1.54) is 5.56 Å². The first kappa shape index (κ1) is 14.8. The van der Waals surface area contributed by atoms with Gasteiger partial charge in [0.05, 0.1) is 22.3 Å². The van der Waals surface area contributed by atoms with Crippen molar-refractivity contribution in [2.75, 3.05) is 0 Å². The summed E-state index contributed by atoms with van der Waals surface area (Å²) in [6.45, 7) is 0. The Hall–Kier alpha value is -2.09. The second kappa shape index (κ2) is 7.26. The number of rotatable bonds is 5. The van der Waals surface area contributed by atoms with Crippen molar-refractivity contribution in [3.63, 3.8) is 0 Å². The Kier molecular flexibility index (Phi) is 4.89. The lowest BCUT2D eigenvalue weighted by Crippen LogP contribution is -1.88. The molecule has 1 heterocycles. The van der Waals surface area contributed by atoms with Gasteiger partial charge in [-0.15, -0.1) is 23.1 Å². The molecule has 0 N–H and O–H groups in total. The molecule has 0 unspecified atom stereocenters. The van der Waals surface area contributed by atoms with Crippen LogP contribution < -0.4 is 0 Å². The minimum atomic E-state index is 0.697. The molecule has 3 rings (SSSR count). The maximum atomic E-state index is 8.79. The average molecular weight is 322 g/mol. The predicted octanol–water partition coefficient (Wildman–Crippen LogP) is 4.90. The average Bonchev–Trinajstić information content (AvgIpc) is 3.02. The number of hydrogen-bond donors (Lipinski definition) is 0. The zero-order valence-corrected chi connectivity index (χ0v) is 13.5. The molecule has 22 heavy (non-hydrogen) atoms. The summed E-state index contributed by atoms with van der Waals surface area (Å²) >= 11 is 3.47. The standard InChI is InChI=1S/C18H14N2S2/c19-11-15-6-8-17(9-7-15)21-12-16-13-22-18(20-16)10-14-4-2-1-3-5-14/h1-9,13H,10,12H2. The smallest absolute Gasteiger partial charge is 0.0991 e. The summed E-state index contributed by atoms with van der Waals surface area (Å²) in [5.74, 6) is 0.858. The van der Waals surface area contributed by atoms with Gasteiger partial charge in [-0.05, 0) is 29.8 Å². The summed E-state index contributed by atoms with van der Waals surface area (Å²) in [6, 6.07) is 20.2. The van der Waals surface area contributed by atoms with Crippen molar-refractivity contribution in [3.8, 4) is 6.07 Å². The minimum absolute atomic E-state index is 0.697. The van der Waals surface area contributed by atoms with Crippen LogP contribution in [0.1, 0.15) is 21.8 Å². The second-order valence-corrected chi connectivity index (χ2v) is 6.81. The Balaban J connectivity index is 1.58. The Morgan fingerprint density at radius 1 is 1.05 bits per heavy atom. The van der Waals surface area contributed by atoms with Crippen molar-refractivity contribution in [2.45, 2.75) is 17.1 Å². The first-order valence-corrected chi connectivity index (χ1v) is 8.80. The Labute approximate surface area is 138 Å². The van der Waals surface area contributed by atoms with Crippen molar-refractivity contribution in [1.82, 2.24) is 4.98 Å². The van der Waals surface area contributed by atoms with E-state index in [-0.39, 0.29) is 0 Å². The molecule has 1 aromatic heterocycles. The van der Waals surface area contributed by atoms with Crippen LogP contribution in [0.3, 0.4) is 0 Å². The fourth-order valence-corrected chi connectivity index (χ4v) is 3.77. The molecule has 0 saturated carbocycles. The summed E-state index contributed by atoms with van der Waals surface area (Å²) in [5.41, 5.74) is 3.11. The monoisotopic (exact) mass is 322 g/mol. The maximum absolute atomic E-state index is 8.79. The lowest BCUT2D eigenvalue weighted by Gasteiger charge is -1.99. The number of thioether (sulfide) groups is 1. The lowest BCUT2D eigenvalue weighted by molar-refractivity contribution is 1.09. The summed E-state index contributed by atoms with van der Waals surface area (Å²) in [7, 11) is 0. The zero-order valence-electron chi connectivity index (χ0n) is 11.9.